The van der Waals surface area contributed by atoms with Gasteiger partial charge in [-0.1, -0.05) is 37.3 Å². The van der Waals surface area contributed by atoms with E-state index in [4.69, 9.17) is 10.2 Å². The molecular formula is C16H15NO. The molecule has 0 aliphatic heterocycles. The van der Waals surface area contributed by atoms with E-state index in [1.54, 1.807) is 0 Å². The predicted molar refractivity (Wildman–Crippen MR) is 75.4 cm³/mol. The maximum Gasteiger partial charge on any atom is 0.134 e. The van der Waals surface area contributed by atoms with Crippen molar-refractivity contribution in [2.24, 2.45) is 0 Å². The van der Waals surface area contributed by atoms with Gasteiger partial charge < -0.3 is 10.2 Å². The number of hydrogen-bond acceptors (Lipinski definition) is 2. The van der Waals surface area contributed by atoms with Gasteiger partial charge in [-0.2, -0.15) is 0 Å². The van der Waals surface area contributed by atoms with E-state index in [-0.39, 0.29) is 0 Å². The molecule has 0 radical (unpaired) electrons. The first-order valence-electron chi connectivity index (χ1n) is 6.16. The summed E-state index contributed by atoms with van der Waals surface area (Å²) in [5.74, 6) is 1.03. The summed E-state index contributed by atoms with van der Waals surface area (Å²) in [4.78, 5) is 0. The van der Waals surface area contributed by atoms with Crippen LogP contribution in [0.2, 0.25) is 0 Å². The maximum absolute atomic E-state index is 5.90. The van der Waals surface area contributed by atoms with Crippen molar-refractivity contribution in [1.29, 1.82) is 0 Å². The SMILES string of the molecule is CCc1oc2ccccc2c1-c1ccc(N)cc1. The van der Waals surface area contributed by atoms with Crippen LogP contribution in [0.15, 0.2) is 52.9 Å². The summed E-state index contributed by atoms with van der Waals surface area (Å²) >= 11 is 0. The second-order valence-electron chi connectivity index (χ2n) is 4.37. The average Bonchev–Trinajstić information content (AvgIpc) is 2.78. The summed E-state index contributed by atoms with van der Waals surface area (Å²) in [5.41, 5.74) is 9.81. The Morgan fingerprint density at radius 3 is 2.44 bits per heavy atom. The van der Waals surface area contributed by atoms with Crippen molar-refractivity contribution in [3.63, 3.8) is 0 Å². The Bertz CT molecular complexity index is 680. The van der Waals surface area contributed by atoms with Crippen molar-refractivity contribution < 1.29 is 4.42 Å². The number of aryl methyl sites for hydroxylation is 1. The molecule has 0 fully saturated rings. The van der Waals surface area contributed by atoms with Gasteiger partial charge in [-0.15, -0.1) is 0 Å². The first-order valence-corrected chi connectivity index (χ1v) is 6.16. The minimum absolute atomic E-state index is 0.782. The summed E-state index contributed by atoms with van der Waals surface area (Å²) in [6.07, 6.45) is 0.883. The highest BCUT2D eigenvalue weighted by atomic mass is 16.3. The second kappa shape index (κ2) is 4.22. The molecule has 0 bridgehead atoms. The second-order valence-corrected chi connectivity index (χ2v) is 4.37. The van der Waals surface area contributed by atoms with Crippen LogP contribution in [0, 0.1) is 0 Å². The molecule has 3 rings (SSSR count). The lowest BCUT2D eigenvalue weighted by molar-refractivity contribution is 0.558. The van der Waals surface area contributed by atoms with Gasteiger partial charge in [0.2, 0.25) is 0 Å². The summed E-state index contributed by atoms with van der Waals surface area (Å²) in [6, 6.07) is 16.1. The summed E-state index contributed by atoms with van der Waals surface area (Å²) < 4.78 is 5.90. The normalized spacial score (nSPS) is 10.9. The molecule has 3 aromatic rings. The largest absolute Gasteiger partial charge is 0.460 e. The van der Waals surface area contributed by atoms with Crippen LogP contribution in [0.1, 0.15) is 12.7 Å². The lowest BCUT2D eigenvalue weighted by atomic mass is 10.0. The molecule has 0 aliphatic rings. The zero-order valence-corrected chi connectivity index (χ0v) is 10.3. The number of para-hydroxylation sites is 1. The fraction of sp³-hybridized carbons (Fsp3) is 0.125. The third-order valence-corrected chi connectivity index (χ3v) is 3.19. The zero-order valence-electron chi connectivity index (χ0n) is 10.3. The molecular weight excluding hydrogens is 222 g/mol. The van der Waals surface area contributed by atoms with Crippen LogP contribution in [0.25, 0.3) is 22.1 Å². The van der Waals surface area contributed by atoms with Gasteiger partial charge in [-0.25, -0.2) is 0 Å². The van der Waals surface area contributed by atoms with E-state index < -0.39 is 0 Å². The van der Waals surface area contributed by atoms with E-state index in [2.05, 4.69) is 13.0 Å². The molecule has 2 N–H and O–H groups in total. The highest BCUT2D eigenvalue weighted by molar-refractivity contribution is 5.95. The van der Waals surface area contributed by atoms with Gasteiger partial charge in [0.05, 0.1) is 0 Å². The number of nitrogen functional groups attached to an aromatic ring is 1. The van der Waals surface area contributed by atoms with E-state index in [0.29, 0.717) is 0 Å². The van der Waals surface area contributed by atoms with E-state index in [0.717, 1.165) is 29.0 Å². The Morgan fingerprint density at radius 2 is 1.72 bits per heavy atom. The first kappa shape index (κ1) is 10.9. The smallest absolute Gasteiger partial charge is 0.134 e. The molecule has 0 atom stereocenters. The molecule has 0 spiro atoms. The van der Waals surface area contributed by atoms with Gasteiger partial charge in [0.25, 0.3) is 0 Å². The number of fused-ring (bicyclic) bond motifs is 1. The van der Waals surface area contributed by atoms with Gasteiger partial charge >= 0.3 is 0 Å². The topological polar surface area (TPSA) is 39.2 Å². The lowest BCUT2D eigenvalue weighted by Gasteiger charge is -2.02. The van der Waals surface area contributed by atoms with Gasteiger partial charge in [0, 0.05) is 23.1 Å². The summed E-state index contributed by atoms with van der Waals surface area (Å²) in [7, 11) is 0. The van der Waals surface area contributed by atoms with E-state index >= 15 is 0 Å². The Kier molecular flexibility index (Phi) is 2.56. The molecule has 18 heavy (non-hydrogen) atoms. The number of rotatable bonds is 2. The van der Waals surface area contributed by atoms with Crippen molar-refractivity contribution in [2.45, 2.75) is 13.3 Å². The lowest BCUT2D eigenvalue weighted by Crippen LogP contribution is -1.86. The van der Waals surface area contributed by atoms with Crippen molar-refractivity contribution in [3.8, 4) is 11.1 Å². The summed E-state index contributed by atoms with van der Waals surface area (Å²) in [6.45, 7) is 2.11. The van der Waals surface area contributed by atoms with Crippen molar-refractivity contribution >= 4 is 16.7 Å². The van der Waals surface area contributed by atoms with Gasteiger partial charge in [-0.3, -0.25) is 0 Å². The molecule has 2 aromatic carbocycles. The Labute approximate surface area is 106 Å². The monoisotopic (exact) mass is 237 g/mol. The van der Waals surface area contributed by atoms with Gasteiger partial charge in [-0.05, 0) is 23.8 Å². The highest BCUT2D eigenvalue weighted by Gasteiger charge is 2.13. The number of anilines is 1. The van der Waals surface area contributed by atoms with Crippen LogP contribution in [0.5, 0.6) is 0 Å². The molecule has 0 saturated heterocycles. The number of hydrogen-bond donors (Lipinski definition) is 1. The molecule has 1 heterocycles. The predicted octanol–water partition coefficient (Wildman–Crippen LogP) is 4.24. The molecule has 0 aliphatic carbocycles. The van der Waals surface area contributed by atoms with Gasteiger partial charge in [0.15, 0.2) is 0 Å². The third kappa shape index (κ3) is 1.66. The highest BCUT2D eigenvalue weighted by Crippen LogP contribution is 2.35. The van der Waals surface area contributed by atoms with E-state index in [1.165, 1.54) is 10.9 Å². The quantitative estimate of drug-likeness (QED) is 0.677. The van der Waals surface area contributed by atoms with E-state index in [9.17, 15) is 0 Å². The molecule has 0 amide bonds. The number of nitrogens with two attached hydrogens (primary N) is 1. The van der Waals surface area contributed by atoms with Crippen LogP contribution in [-0.4, -0.2) is 0 Å². The number of benzene rings is 2. The zero-order chi connectivity index (χ0) is 12.5. The Hall–Kier alpha value is -2.22. The Balaban J connectivity index is 2.29. The van der Waals surface area contributed by atoms with Crippen molar-refractivity contribution in [3.05, 3.63) is 54.3 Å². The summed E-state index contributed by atoms with van der Waals surface area (Å²) in [5, 5.41) is 1.17. The van der Waals surface area contributed by atoms with Crippen molar-refractivity contribution in [2.75, 3.05) is 5.73 Å². The fourth-order valence-electron chi connectivity index (χ4n) is 2.31. The first-order chi connectivity index (χ1) is 8.79. The average molecular weight is 237 g/mol. The maximum atomic E-state index is 5.90. The molecule has 90 valence electrons. The number of furan rings is 1. The molecule has 2 heteroatoms. The standard InChI is InChI=1S/C16H15NO/c1-2-14-16(11-7-9-12(17)10-8-11)13-5-3-4-6-15(13)18-14/h3-10H,2,17H2,1H3. The van der Waals surface area contributed by atoms with E-state index in [1.807, 2.05) is 42.5 Å². The molecule has 1 aromatic heterocycles. The minimum Gasteiger partial charge on any atom is -0.460 e. The molecule has 0 unspecified atom stereocenters. The fourth-order valence-corrected chi connectivity index (χ4v) is 2.31. The van der Waals surface area contributed by atoms with Crippen LogP contribution in [0.3, 0.4) is 0 Å². The van der Waals surface area contributed by atoms with Gasteiger partial charge in [0.1, 0.15) is 11.3 Å². The van der Waals surface area contributed by atoms with Crippen molar-refractivity contribution in [1.82, 2.24) is 0 Å². The Morgan fingerprint density at radius 1 is 1.00 bits per heavy atom. The third-order valence-electron chi connectivity index (χ3n) is 3.19. The van der Waals surface area contributed by atoms with Crippen LogP contribution in [0.4, 0.5) is 5.69 Å². The minimum atomic E-state index is 0.782. The van der Waals surface area contributed by atoms with Crippen LogP contribution < -0.4 is 5.73 Å². The van der Waals surface area contributed by atoms with Crippen LogP contribution in [-0.2, 0) is 6.42 Å². The molecule has 0 saturated carbocycles. The van der Waals surface area contributed by atoms with Crippen LogP contribution >= 0.6 is 0 Å². The molecule has 2 nitrogen and oxygen atoms in total.